The molecule has 3 heterocycles. The summed E-state index contributed by atoms with van der Waals surface area (Å²) in [4.78, 5) is 21.5. The van der Waals surface area contributed by atoms with Crippen molar-refractivity contribution in [1.82, 2.24) is 25.1 Å². The highest BCUT2D eigenvalue weighted by Crippen LogP contribution is 2.36. The Morgan fingerprint density at radius 1 is 1.37 bits per heavy atom. The number of carbonyl (C=O) groups is 1. The normalized spacial score (nSPS) is 28.9. The summed E-state index contributed by atoms with van der Waals surface area (Å²) in [5.41, 5.74) is 1.74. The molecule has 2 fully saturated rings. The van der Waals surface area contributed by atoms with Crippen LogP contribution in [-0.4, -0.2) is 43.1 Å². The molecule has 2 aliphatic rings. The number of hydrogen-bond donors (Lipinski definition) is 2. The van der Waals surface area contributed by atoms with Gasteiger partial charge in [-0.1, -0.05) is 0 Å². The lowest BCUT2D eigenvalue weighted by Gasteiger charge is -2.42. The molecule has 1 saturated carbocycles. The molecule has 1 saturated heterocycles. The van der Waals surface area contributed by atoms with E-state index in [1.807, 2.05) is 26.2 Å². The number of hydrogen-bond acceptors (Lipinski definition) is 5. The first-order valence-corrected chi connectivity index (χ1v) is 9.96. The van der Waals surface area contributed by atoms with Gasteiger partial charge in [0.25, 0.3) is 0 Å². The van der Waals surface area contributed by atoms with Gasteiger partial charge in [-0.05, 0) is 44.6 Å². The lowest BCUT2D eigenvalue weighted by Crippen LogP contribution is -2.55. The van der Waals surface area contributed by atoms with E-state index in [2.05, 4.69) is 25.7 Å². The molecule has 0 radical (unpaired) electrons. The van der Waals surface area contributed by atoms with E-state index in [-0.39, 0.29) is 29.3 Å². The van der Waals surface area contributed by atoms with Gasteiger partial charge in [-0.15, -0.1) is 11.6 Å². The van der Waals surface area contributed by atoms with Crippen molar-refractivity contribution in [1.29, 1.82) is 0 Å². The molecule has 2 aromatic heterocycles. The summed E-state index contributed by atoms with van der Waals surface area (Å²) >= 11 is 6.35. The number of nitrogens with one attached hydrogen (secondary N) is 2. The molecular formula is C19H25ClN6O. The first kappa shape index (κ1) is 18.2. The highest BCUT2D eigenvalue weighted by Gasteiger charge is 2.41. The van der Waals surface area contributed by atoms with Crippen LogP contribution in [0, 0.1) is 11.8 Å². The van der Waals surface area contributed by atoms with Crippen LogP contribution in [0.15, 0.2) is 24.7 Å². The van der Waals surface area contributed by atoms with Crippen LogP contribution >= 0.6 is 11.6 Å². The van der Waals surface area contributed by atoms with E-state index in [9.17, 15) is 4.79 Å². The van der Waals surface area contributed by atoms with Gasteiger partial charge in [0.2, 0.25) is 11.9 Å². The molecule has 144 valence electrons. The largest absolute Gasteiger partial charge is 0.353 e. The third-order valence-electron chi connectivity index (χ3n) is 5.76. The summed E-state index contributed by atoms with van der Waals surface area (Å²) in [6, 6.07) is 2.07. The van der Waals surface area contributed by atoms with Crippen molar-refractivity contribution in [3.8, 4) is 11.3 Å². The van der Waals surface area contributed by atoms with E-state index in [0.29, 0.717) is 11.9 Å². The van der Waals surface area contributed by atoms with Gasteiger partial charge < -0.3 is 10.6 Å². The van der Waals surface area contributed by atoms with Crippen molar-refractivity contribution < 1.29 is 4.79 Å². The third kappa shape index (κ3) is 3.93. The Balaban J connectivity index is 1.45. The number of rotatable bonds is 4. The van der Waals surface area contributed by atoms with Crippen LogP contribution in [0.3, 0.4) is 0 Å². The van der Waals surface area contributed by atoms with Crippen molar-refractivity contribution in [2.45, 2.75) is 50.1 Å². The predicted octanol–water partition coefficient (Wildman–Crippen LogP) is 2.59. The maximum absolute atomic E-state index is 12.6. The third-order valence-corrected chi connectivity index (χ3v) is 6.15. The van der Waals surface area contributed by atoms with Crippen molar-refractivity contribution in [2.75, 3.05) is 5.32 Å². The summed E-state index contributed by atoms with van der Waals surface area (Å²) in [7, 11) is 1.87. The van der Waals surface area contributed by atoms with Crippen LogP contribution in [0.5, 0.6) is 0 Å². The number of carbonyl (C=O) groups excluding carboxylic acids is 1. The van der Waals surface area contributed by atoms with Crippen LogP contribution in [0.1, 0.15) is 32.6 Å². The van der Waals surface area contributed by atoms with Gasteiger partial charge in [0.15, 0.2) is 0 Å². The van der Waals surface area contributed by atoms with Crippen LogP contribution in [0.25, 0.3) is 11.3 Å². The van der Waals surface area contributed by atoms with E-state index < -0.39 is 0 Å². The molecule has 2 N–H and O–H groups in total. The fourth-order valence-electron chi connectivity index (χ4n) is 4.26. The minimum Gasteiger partial charge on any atom is -0.353 e. The number of halogens is 1. The molecule has 1 aliphatic carbocycles. The highest BCUT2D eigenvalue weighted by molar-refractivity contribution is 6.20. The summed E-state index contributed by atoms with van der Waals surface area (Å²) in [5.74, 6) is 0.986. The zero-order valence-electron chi connectivity index (χ0n) is 15.6. The molecule has 0 spiro atoms. The van der Waals surface area contributed by atoms with E-state index in [0.717, 1.165) is 36.9 Å². The number of anilines is 1. The zero-order valence-corrected chi connectivity index (χ0v) is 16.4. The Morgan fingerprint density at radius 2 is 2.22 bits per heavy atom. The maximum Gasteiger partial charge on any atom is 0.225 e. The summed E-state index contributed by atoms with van der Waals surface area (Å²) in [6.07, 6.45) is 9.21. The highest BCUT2D eigenvalue weighted by atomic mass is 35.5. The quantitative estimate of drug-likeness (QED) is 0.786. The molecule has 0 bridgehead atoms. The molecule has 0 aromatic carbocycles. The number of piperidine rings is 1. The van der Waals surface area contributed by atoms with Crippen LogP contribution in [0.4, 0.5) is 5.95 Å². The van der Waals surface area contributed by atoms with Crippen molar-refractivity contribution >= 4 is 23.5 Å². The van der Waals surface area contributed by atoms with Gasteiger partial charge in [-0.25, -0.2) is 9.97 Å². The van der Waals surface area contributed by atoms with Crippen LogP contribution < -0.4 is 10.6 Å². The van der Waals surface area contributed by atoms with Gasteiger partial charge in [0.1, 0.15) is 0 Å². The predicted molar refractivity (Wildman–Crippen MR) is 104 cm³/mol. The van der Waals surface area contributed by atoms with E-state index in [1.54, 1.807) is 17.1 Å². The monoisotopic (exact) mass is 388 g/mol. The maximum atomic E-state index is 12.6. The van der Waals surface area contributed by atoms with Crippen molar-refractivity contribution in [3.05, 3.63) is 24.7 Å². The first-order chi connectivity index (χ1) is 13.0. The number of nitrogens with zero attached hydrogens (tertiary/aromatic N) is 4. The van der Waals surface area contributed by atoms with Gasteiger partial charge in [-0.3, -0.25) is 9.48 Å². The summed E-state index contributed by atoms with van der Waals surface area (Å²) in [6.45, 7) is 2.02. The average Bonchev–Trinajstić information content (AvgIpc) is 3.08. The molecular weight excluding hydrogens is 364 g/mol. The number of aromatic nitrogens is 4. The van der Waals surface area contributed by atoms with E-state index >= 15 is 0 Å². The molecule has 5 atom stereocenters. The van der Waals surface area contributed by atoms with E-state index in [1.165, 1.54) is 0 Å². The molecule has 2 aromatic rings. The SMILES string of the molecule is C[C@H](Nc1nccc(-c2cnn(C)c2)n1)C1CC2CC(Cl)CCC2NC1=O. The van der Waals surface area contributed by atoms with E-state index in [4.69, 9.17) is 11.6 Å². The number of aryl methyl sites for hydroxylation is 1. The number of alkyl halides is 1. The fraction of sp³-hybridized carbons (Fsp3) is 0.579. The second-order valence-corrected chi connectivity index (χ2v) is 8.35. The second kappa shape index (κ2) is 7.46. The van der Waals surface area contributed by atoms with Gasteiger partial charge in [-0.2, -0.15) is 5.10 Å². The minimum atomic E-state index is -0.112. The molecule has 4 rings (SSSR count). The Hall–Kier alpha value is -2.15. The Labute approximate surface area is 163 Å². The van der Waals surface area contributed by atoms with Crippen molar-refractivity contribution in [3.63, 3.8) is 0 Å². The molecule has 1 amide bonds. The number of fused-ring (bicyclic) bond motifs is 1. The van der Waals surface area contributed by atoms with Crippen molar-refractivity contribution in [2.24, 2.45) is 18.9 Å². The smallest absolute Gasteiger partial charge is 0.225 e. The molecule has 27 heavy (non-hydrogen) atoms. The van der Waals surface area contributed by atoms with Crippen LogP contribution in [0.2, 0.25) is 0 Å². The Morgan fingerprint density at radius 3 is 3.00 bits per heavy atom. The second-order valence-electron chi connectivity index (χ2n) is 7.73. The standard InChI is InChI=1S/C19H25ClN6O/c1-11(15-8-12-7-14(20)3-4-16(12)24-18(15)27)23-19-21-6-5-17(25-19)13-9-22-26(2)10-13/h5-6,9-12,14-16H,3-4,7-8H2,1-2H3,(H,24,27)(H,21,23,25)/t11-,12?,14?,15?,16?/m0/s1. The molecule has 1 aliphatic heterocycles. The Kier molecular flexibility index (Phi) is 5.04. The average molecular weight is 389 g/mol. The lowest BCUT2D eigenvalue weighted by atomic mass is 9.74. The van der Waals surface area contributed by atoms with Gasteiger partial charge in [0, 0.05) is 42.5 Å². The van der Waals surface area contributed by atoms with Crippen LogP contribution in [-0.2, 0) is 11.8 Å². The van der Waals surface area contributed by atoms with Gasteiger partial charge in [0.05, 0.1) is 17.8 Å². The minimum absolute atomic E-state index is 0.0641. The summed E-state index contributed by atoms with van der Waals surface area (Å²) < 4.78 is 1.74. The zero-order chi connectivity index (χ0) is 19.0. The molecule has 8 heteroatoms. The fourth-order valence-corrected chi connectivity index (χ4v) is 4.61. The number of amides is 1. The topological polar surface area (TPSA) is 84.7 Å². The summed E-state index contributed by atoms with van der Waals surface area (Å²) in [5, 5.41) is 10.9. The molecule has 7 nitrogen and oxygen atoms in total. The molecule has 4 unspecified atom stereocenters. The lowest BCUT2D eigenvalue weighted by molar-refractivity contribution is -0.130. The first-order valence-electron chi connectivity index (χ1n) is 9.52. The van der Waals surface area contributed by atoms with Gasteiger partial charge >= 0.3 is 0 Å². The Bertz CT molecular complexity index is 824.